The third-order valence-electron chi connectivity index (χ3n) is 4.45. The van der Waals surface area contributed by atoms with Gasteiger partial charge in [0.1, 0.15) is 0 Å². The van der Waals surface area contributed by atoms with E-state index >= 15 is 0 Å². The molecule has 2 N–H and O–H groups in total. The van der Waals surface area contributed by atoms with Gasteiger partial charge in [0.05, 0.1) is 0 Å². The Morgan fingerprint density at radius 3 is 2.96 bits per heavy atom. The highest BCUT2D eigenvalue weighted by Crippen LogP contribution is 2.15. The summed E-state index contributed by atoms with van der Waals surface area (Å²) in [5, 5.41) is 6.80. The summed E-state index contributed by atoms with van der Waals surface area (Å²) in [6.45, 7) is 9.99. The summed E-state index contributed by atoms with van der Waals surface area (Å²) in [6.07, 6.45) is 3.91. The molecule has 1 heterocycles. The van der Waals surface area contributed by atoms with E-state index in [1.807, 2.05) is 7.05 Å². The Morgan fingerprint density at radius 2 is 2.22 bits per heavy atom. The molecule has 0 saturated carbocycles. The second-order valence-electron chi connectivity index (χ2n) is 6.74. The van der Waals surface area contributed by atoms with Crippen molar-refractivity contribution in [1.82, 2.24) is 15.5 Å². The first-order valence-electron chi connectivity index (χ1n) is 8.90. The van der Waals surface area contributed by atoms with Gasteiger partial charge < -0.3 is 15.5 Å². The summed E-state index contributed by atoms with van der Waals surface area (Å²) in [5.74, 6) is 1.75. The molecule has 128 valence electrons. The first-order valence-corrected chi connectivity index (χ1v) is 8.90. The largest absolute Gasteiger partial charge is 0.356 e. The molecule has 1 atom stereocenters. The number of benzene rings is 1. The molecule has 23 heavy (non-hydrogen) atoms. The molecule has 1 unspecified atom stereocenters. The molecule has 4 nitrogen and oxygen atoms in total. The van der Waals surface area contributed by atoms with Crippen LogP contribution in [0.5, 0.6) is 0 Å². The van der Waals surface area contributed by atoms with Crippen molar-refractivity contribution in [3.05, 3.63) is 35.4 Å². The Hall–Kier alpha value is -1.55. The Kier molecular flexibility index (Phi) is 7.40. The molecule has 1 aromatic carbocycles. The van der Waals surface area contributed by atoms with Crippen LogP contribution in [0, 0.1) is 12.8 Å². The molecule has 0 spiro atoms. The van der Waals surface area contributed by atoms with Gasteiger partial charge in [-0.25, -0.2) is 0 Å². The minimum atomic E-state index is 0.811. The lowest BCUT2D eigenvalue weighted by atomic mass is 10.0. The lowest BCUT2D eigenvalue weighted by Crippen LogP contribution is -2.39. The minimum absolute atomic E-state index is 0.811. The van der Waals surface area contributed by atoms with E-state index < -0.39 is 0 Å². The van der Waals surface area contributed by atoms with Crippen molar-refractivity contribution in [1.29, 1.82) is 0 Å². The van der Waals surface area contributed by atoms with Gasteiger partial charge >= 0.3 is 0 Å². The fourth-order valence-corrected chi connectivity index (χ4v) is 3.23. The van der Waals surface area contributed by atoms with Gasteiger partial charge in [0.15, 0.2) is 5.96 Å². The zero-order valence-electron chi connectivity index (χ0n) is 14.9. The Morgan fingerprint density at radius 1 is 1.35 bits per heavy atom. The van der Waals surface area contributed by atoms with Gasteiger partial charge in [0.2, 0.25) is 0 Å². The molecule has 1 aliphatic heterocycles. The first kappa shape index (κ1) is 17.8. The van der Waals surface area contributed by atoms with E-state index in [0.29, 0.717) is 0 Å². The number of nitrogens with zero attached hydrogens (tertiary/aromatic N) is 2. The molecule has 1 aromatic rings. The number of guanidine groups is 1. The van der Waals surface area contributed by atoms with Crippen LogP contribution in [0.15, 0.2) is 29.3 Å². The summed E-state index contributed by atoms with van der Waals surface area (Å²) >= 11 is 0. The lowest BCUT2D eigenvalue weighted by Gasteiger charge is -2.30. The van der Waals surface area contributed by atoms with Gasteiger partial charge in [-0.3, -0.25) is 4.99 Å². The predicted molar refractivity (Wildman–Crippen MR) is 98.8 cm³/mol. The molecule has 2 rings (SSSR count). The maximum atomic E-state index is 4.30. The smallest absolute Gasteiger partial charge is 0.191 e. The summed E-state index contributed by atoms with van der Waals surface area (Å²) < 4.78 is 0. The molecule has 0 aliphatic carbocycles. The topological polar surface area (TPSA) is 39.7 Å². The van der Waals surface area contributed by atoms with Crippen LogP contribution in [0.4, 0.5) is 0 Å². The minimum Gasteiger partial charge on any atom is -0.356 e. The van der Waals surface area contributed by atoms with Crippen LogP contribution < -0.4 is 10.6 Å². The van der Waals surface area contributed by atoms with Crippen molar-refractivity contribution < 1.29 is 0 Å². The fraction of sp³-hybridized carbons (Fsp3) is 0.632. The normalized spacial score (nSPS) is 19.6. The third-order valence-corrected chi connectivity index (χ3v) is 4.45. The van der Waals surface area contributed by atoms with Crippen LogP contribution in [-0.4, -0.2) is 44.1 Å². The highest BCUT2D eigenvalue weighted by molar-refractivity contribution is 5.79. The summed E-state index contributed by atoms with van der Waals surface area (Å²) in [7, 11) is 1.83. The highest BCUT2D eigenvalue weighted by Gasteiger charge is 2.15. The van der Waals surface area contributed by atoms with E-state index in [1.54, 1.807) is 0 Å². The fourth-order valence-electron chi connectivity index (χ4n) is 3.23. The Bertz CT molecular complexity index is 498. The maximum Gasteiger partial charge on any atom is 0.191 e. The van der Waals surface area contributed by atoms with Crippen LogP contribution >= 0.6 is 0 Å². The molecule has 0 bridgehead atoms. The van der Waals surface area contributed by atoms with Gasteiger partial charge in [-0.1, -0.05) is 36.8 Å². The Labute approximate surface area is 141 Å². The second kappa shape index (κ2) is 9.56. The summed E-state index contributed by atoms with van der Waals surface area (Å²) in [4.78, 5) is 6.90. The average molecular weight is 316 g/mol. The number of hydrogen-bond acceptors (Lipinski definition) is 2. The SMILES string of the molecule is CN=C(NCCCN1CCCC(C)C1)NCc1cccc(C)c1. The quantitative estimate of drug-likeness (QED) is 0.482. The monoisotopic (exact) mass is 316 g/mol. The summed E-state index contributed by atoms with van der Waals surface area (Å²) in [6, 6.07) is 8.57. The molecule has 1 aliphatic rings. The molecule has 0 amide bonds. The third kappa shape index (κ3) is 6.61. The van der Waals surface area contributed by atoms with E-state index in [9.17, 15) is 0 Å². The Balaban J connectivity index is 1.63. The zero-order chi connectivity index (χ0) is 16.5. The van der Waals surface area contributed by atoms with Crippen LogP contribution in [0.1, 0.15) is 37.3 Å². The second-order valence-corrected chi connectivity index (χ2v) is 6.74. The molecule has 4 heteroatoms. The zero-order valence-corrected chi connectivity index (χ0v) is 14.9. The number of likely N-dealkylation sites (tertiary alicyclic amines) is 1. The standard InChI is InChI=1S/C19H32N4/c1-16-7-4-9-18(13-16)14-22-19(20-3)21-10-6-12-23-11-5-8-17(2)15-23/h4,7,9,13,17H,5-6,8,10-12,14-15H2,1-3H3,(H2,20,21,22). The van der Waals surface area contributed by atoms with Crippen molar-refractivity contribution in [3.63, 3.8) is 0 Å². The van der Waals surface area contributed by atoms with E-state index in [2.05, 4.69) is 58.6 Å². The molecular formula is C19H32N4. The number of hydrogen-bond donors (Lipinski definition) is 2. The first-order chi connectivity index (χ1) is 11.2. The van der Waals surface area contributed by atoms with Gasteiger partial charge in [0, 0.05) is 26.7 Å². The highest BCUT2D eigenvalue weighted by atomic mass is 15.2. The molecule has 0 aromatic heterocycles. The number of piperidine rings is 1. The van der Waals surface area contributed by atoms with E-state index in [1.165, 1.54) is 43.6 Å². The van der Waals surface area contributed by atoms with Crippen molar-refractivity contribution in [3.8, 4) is 0 Å². The van der Waals surface area contributed by atoms with Crippen LogP contribution in [0.2, 0.25) is 0 Å². The number of aryl methyl sites for hydroxylation is 1. The van der Waals surface area contributed by atoms with Crippen molar-refractivity contribution in [2.24, 2.45) is 10.9 Å². The number of nitrogens with one attached hydrogen (secondary N) is 2. The summed E-state index contributed by atoms with van der Waals surface area (Å²) in [5.41, 5.74) is 2.58. The van der Waals surface area contributed by atoms with E-state index in [-0.39, 0.29) is 0 Å². The van der Waals surface area contributed by atoms with Crippen LogP contribution in [0.3, 0.4) is 0 Å². The van der Waals surface area contributed by atoms with Crippen LogP contribution in [-0.2, 0) is 6.54 Å². The van der Waals surface area contributed by atoms with Crippen LogP contribution in [0.25, 0.3) is 0 Å². The number of aliphatic imine (C=N–C) groups is 1. The molecule has 1 fully saturated rings. The maximum absolute atomic E-state index is 4.30. The van der Waals surface area contributed by atoms with Gasteiger partial charge in [0.25, 0.3) is 0 Å². The van der Waals surface area contributed by atoms with Crippen molar-refractivity contribution in [2.75, 3.05) is 33.2 Å². The van der Waals surface area contributed by atoms with E-state index in [4.69, 9.17) is 0 Å². The molecular weight excluding hydrogens is 284 g/mol. The lowest BCUT2D eigenvalue weighted by molar-refractivity contribution is 0.182. The van der Waals surface area contributed by atoms with Gasteiger partial charge in [-0.15, -0.1) is 0 Å². The van der Waals surface area contributed by atoms with Gasteiger partial charge in [-0.2, -0.15) is 0 Å². The van der Waals surface area contributed by atoms with Crippen molar-refractivity contribution >= 4 is 5.96 Å². The van der Waals surface area contributed by atoms with E-state index in [0.717, 1.165) is 31.4 Å². The van der Waals surface area contributed by atoms with Gasteiger partial charge in [-0.05, 0) is 50.8 Å². The van der Waals surface area contributed by atoms with Crippen molar-refractivity contribution in [2.45, 2.75) is 39.7 Å². The average Bonchev–Trinajstić information content (AvgIpc) is 2.54. The predicted octanol–water partition coefficient (Wildman–Crippen LogP) is 2.78. The molecule has 0 radical (unpaired) electrons. The number of rotatable bonds is 6. The molecule has 1 saturated heterocycles.